The summed E-state index contributed by atoms with van der Waals surface area (Å²) in [6, 6.07) is 5.65. The molecular weight excluding hydrogens is 332 g/mol. The third kappa shape index (κ3) is 3.01. The molecule has 0 aliphatic carbocycles. The molecule has 3 aromatic rings. The molecule has 8 nitrogen and oxygen atoms in total. The van der Waals surface area contributed by atoms with E-state index < -0.39 is 0 Å². The summed E-state index contributed by atoms with van der Waals surface area (Å²) in [5.41, 5.74) is 2.29. The SMILES string of the molecule is CC1CN(c2ccc3cn[nH]c3c2)C(=O)CN1C(=O)Cc1cnccn1. The van der Waals surface area contributed by atoms with E-state index in [9.17, 15) is 9.59 Å². The molecule has 4 rings (SSSR count). The number of aromatic nitrogens is 4. The molecule has 2 amide bonds. The Morgan fingerprint density at radius 3 is 3.00 bits per heavy atom. The van der Waals surface area contributed by atoms with Gasteiger partial charge in [0.05, 0.1) is 23.8 Å². The summed E-state index contributed by atoms with van der Waals surface area (Å²) in [4.78, 5) is 36.7. The van der Waals surface area contributed by atoms with Crippen molar-refractivity contribution in [3.05, 3.63) is 48.7 Å². The van der Waals surface area contributed by atoms with Crippen molar-refractivity contribution in [3.63, 3.8) is 0 Å². The minimum Gasteiger partial charge on any atom is -0.329 e. The highest BCUT2D eigenvalue weighted by atomic mass is 16.2. The summed E-state index contributed by atoms with van der Waals surface area (Å²) in [7, 11) is 0. The predicted octanol–water partition coefficient (Wildman–Crippen LogP) is 1.16. The molecule has 2 aromatic heterocycles. The fraction of sp³-hybridized carbons (Fsp3) is 0.278. The lowest BCUT2D eigenvalue weighted by atomic mass is 10.1. The van der Waals surface area contributed by atoms with Gasteiger partial charge in [-0.25, -0.2) is 0 Å². The van der Waals surface area contributed by atoms with Crippen molar-refractivity contribution in [2.75, 3.05) is 18.0 Å². The molecule has 132 valence electrons. The maximum atomic E-state index is 12.7. The normalized spacial score (nSPS) is 17.7. The number of amides is 2. The Morgan fingerprint density at radius 2 is 2.19 bits per heavy atom. The molecule has 3 heterocycles. The second kappa shape index (κ2) is 6.55. The molecule has 1 aromatic carbocycles. The van der Waals surface area contributed by atoms with E-state index >= 15 is 0 Å². The van der Waals surface area contributed by atoms with Gasteiger partial charge in [0.2, 0.25) is 11.8 Å². The van der Waals surface area contributed by atoms with Crippen molar-refractivity contribution in [1.82, 2.24) is 25.1 Å². The van der Waals surface area contributed by atoms with Crippen LogP contribution in [0.2, 0.25) is 0 Å². The molecule has 1 aliphatic heterocycles. The van der Waals surface area contributed by atoms with E-state index in [0.717, 1.165) is 16.6 Å². The highest BCUT2D eigenvalue weighted by Gasteiger charge is 2.33. The predicted molar refractivity (Wildman–Crippen MR) is 95.4 cm³/mol. The Labute approximate surface area is 149 Å². The zero-order valence-electron chi connectivity index (χ0n) is 14.3. The molecular formula is C18H18N6O2. The van der Waals surface area contributed by atoms with E-state index in [4.69, 9.17) is 0 Å². The van der Waals surface area contributed by atoms with Crippen molar-refractivity contribution in [3.8, 4) is 0 Å². The van der Waals surface area contributed by atoms with Gasteiger partial charge in [0, 0.05) is 42.3 Å². The number of piperazine rings is 1. The summed E-state index contributed by atoms with van der Waals surface area (Å²) in [5, 5.41) is 7.91. The molecule has 1 aliphatic rings. The Morgan fingerprint density at radius 1 is 1.31 bits per heavy atom. The van der Waals surface area contributed by atoms with Crippen LogP contribution in [0.5, 0.6) is 0 Å². The number of hydrogen-bond donors (Lipinski definition) is 1. The van der Waals surface area contributed by atoms with Crippen LogP contribution in [0, 0.1) is 0 Å². The molecule has 8 heteroatoms. The van der Waals surface area contributed by atoms with Gasteiger partial charge in [-0.05, 0) is 25.1 Å². The maximum absolute atomic E-state index is 12.7. The van der Waals surface area contributed by atoms with E-state index in [1.165, 1.54) is 0 Å². The van der Waals surface area contributed by atoms with Crippen LogP contribution in [0.15, 0.2) is 43.0 Å². The first-order chi connectivity index (χ1) is 12.6. The zero-order valence-corrected chi connectivity index (χ0v) is 14.3. The van der Waals surface area contributed by atoms with Gasteiger partial charge >= 0.3 is 0 Å². The number of anilines is 1. The maximum Gasteiger partial charge on any atom is 0.246 e. The van der Waals surface area contributed by atoms with Gasteiger partial charge in [-0.3, -0.25) is 24.7 Å². The van der Waals surface area contributed by atoms with Gasteiger partial charge in [-0.2, -0.15) is 5.10 Å². The number of rotatable bonds is 3. The number of nitrogens with one attached hydrogen (secondary N) is 1. The third-order valence-corrected chi connectivity index (χ3v) is 4.59. The number of benzene rings is 1. The standard InChI is InChI=1S/C18H18N6O2/c1-12-10-24(15-3-2-13-8-21-22-16(13)7-15)18(26)11-23(12)17(25)6-14-9-19-4-5-20-14/h2-5,7-9,12H,6,10-11H2,1H3,(H,21,22). The Bertz CT molecular complexity index is 954. The number of carbonyl (C=O) groups is 2. The van der Waals surface area contributed by atoms with E-state index in [-0.39, 0.29) is 30.8 Å². The smallest absolute Gasteiger partial charge is 0.246 e. The van der Waals surface area contributed by atoms with E-state index in [1.54, 1.807) is 34.6 Å². The first-order valence-electron chi connectivity index (χ1n) is 8.39. The fourth-order valence-electron chi connectivity index (χ4n) is 3.21. The summed E-state index contributed by atoms with van der Waals surface area (Å²) >= 11 is 0. The molecule has 26 heavy (non-hydrogen) atoms. The zero-order chi connectivity index (χ0) is 18.1. The lowest BCUT2D eigenvalue weighted by Gasteiger charge is -2.39. The van der Waals surface area contributed by atoms with Crippen LogP contribution in [-0.4, -0.2) is 56.0 Å². The molecule has 0 radical (unpaired) electrons. The van der Waals surface area contributed by atoms with Gasteiger partial charge in [0.1, 0.15) is 6.54 Å². The van der Waals surface area contributed by atoms with Crippen LogP contribution in [0.25, 0.3) is 10.9 Å². The molecule has 1 saturated heterocycles. The number of hydrogen-bond acceptors (Lipinski definition) is 5. The van der Waals surface area contributed by atoms with E-state index in [0.29, 0.717) is 12.2 Å². The van der Waals surface area contributed by atoms with Gasteiger partial charge in [0.25, 0.3) is 0 Å². The van der Waals surface area contributed by atoms with E-state index in [1.807, 2.05) is 25.1 Å². The highest BCUT2D eigenvalue weighted by molar-refractivity contribution is 5.99. The number of carbonyl (C=O) groups excluding carboxylic acids is 2. The average Bonchev–Trinajstić information content (AvgIpc) is 3.11. The second-order valence-corrected chi connectivity index (χ2v) is 6.39. The van der Waals surface area contributed by atoms with Crippen LogP contribution < -0.4 is 4.90 Å². The molecule has 0 saturated carbocycles. The Balaban J connectivity index is 1.50. The average molecular weight is 350 g/mol. The van der Waals surface area contributed by atoms with Crippen molar-refractivity contribution in [1.29, 1.82) is 0 Å². The Hall–Kier alpha value is -3.29. The van der Waals surface area contributed by atoms with Crippen molar-refractivity contribution >= 4 is 28.4 Å². The summed E-state index contributed by atoms with van der Waals surface area (Å²) in [6.07, 6.45) is 6.58. The highest BCUT2D eigenvalue weighted by Crippen LogP contribution is 2.24. The molecule has 0 bridgehead atoms. The quantitative estimate of drug-likeness (QED) is 0.765. The van der Waals surface area contributed by atoms with E-state index in [2.05, 4.69) is 20.2 Å². The van der Waals surface area contributed by atoms with Crippen molar-refractivity contribution in [2.45, 2.75) is 19.4 Å². The Kier molecular flexibility index (Phi) is 4.08. The fourth-order valence-corrected chi connectivity index (χ4v) is 3.21. The van der Waals surface area contributed by atoms with Gasteiger partial charge in [-0.1, -0.05) is 0 Å². The van der Waals surface area contributed by atoms with Gasteiger partial charge < -0.3 is 9.80 Å². The molecule has 1 unspecified atom stereocenters. The lowest BCUT2D eigenvalue weighted by Crippen LogP contribution is -2.57. The summed E-state index contributed by atoms with van der Waals surface area (Å²) in [6.45, 7) is 2.45. The number of nitrogens with zero attached hydrogens (tertiary/aromatic N) is 5. The summed E-state index contributed by atoms with van der Waals surface area (Å²) in [5.74, 6) is -0.218. The lowest BCUT2D eigenvalue weighted by molar-refractivity contribution is -0.138. The first-order valence-corrected chi connectivity index (χ1v) is 8.39. The monoisotopic (exact) mass is 350 g/mol. The third-order valence-electron chi connectivity index (χ3n) is 4.59. The second-order valence-electron chi connectivity index (χ2n) is 6.39. The number of fused-ring (bicyclic) bond motifs is 1. The van der Waals surface area contributed by atoms with Crippen molar-refractivity contribution in [2.24, 2.45) is 0 Å². The van der Waals surface area contributed by atoms with Crippen LogP contribution in [0.3, 0.4) is 0 Å². The first kappa shape index (κ1) is 16.2. The van der Waals surface area contributed by atoms with Gasteiger partial charge in [0.15, 0.2) is 0 Å². The molecule has 0 spiro atoms. The van der Waals surface area contributed by atoms with Crippen molar-refractivity contribution < 1.29 is 9.59 Å². The number of aromatic amines is 1. The number of H-pyrrole nitrogens is 1. The van der Waals surface area contributed by atoms with Crippen LogP contribution in [0.4, 0.5) is 5.69 Å². The molecule has 1 atom stereocenters. The topological polar surface area (TPSA) is 95.1 Å². The van der Waals surface area contributed by atoms with Gasteiger partial charge in [-0.15, -0.1) is 0 Å². The van der Waals surface area contributed by atoms with Crippen LogP contribution >= 0.6 is 0 Å². The molecule has 1 fully saturated rings. The van der Waals surface area contributed by atoms with Crippen LogP contribution in [-0.2, 0) is 16.0 Å². The summed E-state index contributed by atoms with van der Waals surface area (Å²) < 4.78 is 0. The van der Waals surface area contributed by atoms with Crippen LogP contribution in [0.1, 0.15) is 12.6 Å². The minimum atomic E-state index is -0.116. The molecule has 1 N–H and O–H groups in total. The minimum absolute atomic E-state index is 0.0568. The largest absolute Gasteiger partial charge is 0.329 e.